The van der Waals surface area contributed by atoms with Crippen LogP contribution in [0.3, 0.4) is 0 Å². The van der Waals surface area contributed by atoms with Crippen molar-refractivity contribution >= 4 is 17.3 Å². The molecule has 0 radical (unpaired) electrons. The fourth-order valence-electron chi connectivity index (χ4n) is 2.48. The lowest BCUT2D eigenvalue weighted by molar-refractivity contribution is -0.384. The second-order valence-electron chi connectivity index (χ2n) is 6.04. The van der Waals surface area contributed by atoms with E-state index in [0.29, 0.717) is 0 Å². The molecule has 0 heterocycles. The molecule has 0 aliphatic heterocycles. The van der Waals surface area contributed by atoms with Gasteiger partial charge in [-0.05, 0) is 31.7 Å². The molecule has 144 valence electrons. The molecule has 27 heavy (non-hydrogen) atoms. The third-order valence-corrected chi connectivity index (χ3v) is 4.11. The van der Waals surface area contributed by atoms with Gasteiger partial charge in [0.15, 0.2) is 0 Å². The minimum Gasteiger partial charge on any atom is -0.324 e. The zero-order valence-corrected chi connectivity index (χ0v) is 14.7. The van der Waals surface area contributed by atoms with E-state index in [1.807, 2.05) is 0 Å². The number of nitrogens with one attached hydrogen (secondary N) is 1. The molecule has 0 fully saturated rings. The largest absolute Gasteiger partial charge is 0.416 e. The number of carbonyl (C=O) groups is 1. The third kappa shape index (κ3) is 5.27. The molecular weight excluding hydrogens is 363 g/mol. The quantitative estimate of drug-likeness (QED) is 0.605. The van der Waals surface area contributed by atoms with Gasteiger partial charge in [-0.1, -0.05) is 24.3 Å². The summed E-state index contributed by atoms with van der Waals surface area (Å²) < 4.78 is 39.3. The second-order valence-corrected chi connectivity index (χ2v) is 6.04. The zero-order chi connectivity index (χ0) is 20.2. The Morgan fingerprint density at radius 2 is 1.89 bits per heavy atom. The highest BCUT2D eigenvalue weighted by molar-refractivity contribution is 5.94. The minimum absolute atomic E-state index is 0.0579. The molecule has 0 spiro atoms. The standard InChI is InChI=1S/C18H18F3N3O3/c1-12(17(25)22-14-7-5-8-15(10-14)24(26)27)23(2)11-13-6-3-4-9-16(13)18(19,20)21/h3-10,12H,11H2,1-2H3,(H,22,25). The van der Waals surface area contributed by atoms with E-state index in [-0.39, 0.29) is 23.5 Å². The van der Waals surface area contributed by atoms with E-state index >= 15 is 0 Å². The van der Waals surface area contributed by atoms with Gasteiger partial charge in [0.25, 0.3) is 5.69 Å². The summed E-state index contributed by atoms with van der Waals surface area (Å²) in [7, 11) is 1.53. The van der Waals surface area contributed by atoms with Gasteiger partial charge in [-0.2, -0.15) is 13.2 Å². The lowest BCUT2D eigenvalue weighted by Crippen LogP contribution is -2.39. The van der Waals surface area contributed by atoms with Crippen molar-refractivity contribution in [2.24, 2.45) is 0 Å². The summed E-state index contributed by atoms with van der Waals surface area (Å²) >= 11 is 0. The van der Waals surface area contributed by atoms with Crippen LogP contribution in [-0.4, -0.2) is 28.8 Å². The number of nitrogens with zero attached hydrogens (tertiary/aromatic N) is 2. The first-order valence-corrected chi connectivity index (χ1v) is 8.00. The first-order chi connectivity index (χ1) is 12.6. The normalized spacial score (nSPS) is 12.7. The van der Waals surface area contributed by atoms with Gasteiger partial charge in [0, 0.05) is 24.4 Å². The van der Waals surface area contributed by atoms with Crippen LogP contribution in [0.2, 0.25) is 0 Å². The van der Waals surface area contributed by atoms with Crippen molar-refractivity contribution < 1.29 is 22.9 Å². The second kappa shape index (κ2) is 8.17. The molecule has 9 heteroatoms. The van der Waals surface area contributed by atoms with Crippen LogP contribution in [0, 0.1) is 10.1 Å². The summed E-state index contributed by atoms with van der Waals surface area (Å²) in [6.07, 6.45) is -4.48. The van der Waals surface area contributed by atoms with Crippen LogP contribution >= 0.6 is 0 Å². The van der Waals surface area contributed by atoms with Crippen LogP contribution in [0.25, 0.3) is 0 Å². The summed E-state index contributed by atoms with van der Waals surface area (Å²) in [5.74, 6) is -0.484. The van der Waals surface area contributed by atoms with Crippen LogP contribution in [0.5, 0.6) is 0 Å². The fraction of sp³-hybridized carbons (Fsp3) is 0.278. The van der Waals surface area contributed by atoms with Crippen LogP contribution in [0.15, 0.2) is 48.5 Å². The molecular formula is C18H18F3N3O3. The average Bonchev–Trinajstić information content (AvgIpc) is 2.60. The first kappa shape index (κ1) is 20.4. The Labute approximate surface area is 153 Å². The van der Waals surface area contributed by atoms with Crippen LogP contribution in [-0.2, 0) is 17.5 Å². The summed E-state index contributed by atoms with van der Waals surface area (Å²) in [6.45, 7) is 1.46. The van der Waals surface area contributed by atoms with Crippen molar-refractivity contribution in [3.8, 4) is 0 Å². The maximum atomic E-state index is 13.1. The Kier molecular flexibility index (Phi) is 6.17. The number of hydrogen-bond donors (Lipinski definition) is 1. The number of non-ortho nitro benzene ring substituents is 1. The van der Waals surface area contributed by atoms with Crippen LogP contribution in [0.4, 0.5) is 24.5 Å². The number of amides is 1. The van der Waals surface area contributed by atoms with Gasteiger partial charge < -0.3 is 5.32 Å². The van der Waals surface area contributed by atoms with Gasteiger partial charge in [0.1, 0.15) is 0 Å². The zero-order valence-electron chi connectivity index (χ0n) is 14.7. The van der Waals surface area contributed by atoms with Gasteiger partial charge >= 0.3 is 6.18 Å². The number of alkyl halides is 3. The molecule has 0 aromatic heterocycles. The Hall–Kier alpha value is -2.94. The Morgan fingerprint density at radius 3 is 2.52 bits per heavy atom. The molecule has 6 nitrogen and oxygen atoms in total. The predicted molar refractivity (Wildman–Crippen MR) is 94.1 cm³/mol. The number of nitro groups is 1. The van der Waals surface area contributed by atoms with Crippen molar-refractivity contribution in [2.45, 2.75) is 25.7 Å². The maximum Gasteiger partial charge on any atom is 0.416 e. The van der Waals surface area contributed by atoms with Gasteiger partial charge in [-0.15, -0.1) is 0 Å². The van der Waals surface area contributed by atoms with Gasteiger partial charge in [-0.3, -0.25) is 19.8 Å². The van der Waals surface area contributed by atoms with E-state index in [4.69, 9.17) is 0 Å². The van der Waals surface area contributed by atoms with Crippen LogP contribution < -0.4 is 5.32 Å². The third-order valence-electron chi connectivity index (χ3n) is 4.11. The molecule has 0 aliphatic rings. The summed E-state index contributed by atoms with van der Waals surface area (Å²) in [6, 6.07) is 9.85. The SMILES string of the molecule is CC(C(=O)Nc1cccc([N+](=O)[O-])c1)N(C)Cc1ccccc1C(F)(F)F. The fourth-order valence-corrected chi connectivity index (χ4v) is 2.48. The van der Waals surface area contributed by atoms with Gasteiger partial charge in [0.05, 0.1) is 16.5 Å². The van der Waals surface area contributed by atoms with Crippen molar-refractivity contribution in [3.05, 3.63) is 69.8 Å². The smallest absolute Gasteiger partial charge is 0.324 e. The van der Waals surface area contributed by atoms with E-state index in [1.165, 1.54) is 54.4 Å². The molecule has 2 aromatic rings. The van der Waals surface area contributed by atoms with Crippen molar-refractivity contribution in [1.29, 1.82) is 0 Å². The molecule has 0 aliphatic carbocycles. The van der Waals surface area contributed by atoms with Crippen molar-refractivity contribution in [2.75, 3.05) is 12.4 Å². The molecule has 1 unspecified atom stereocenters. The molecule has 0 bridgehead atoms. The highest BCUT2D eigenvalue weighted by atomic mass is 19.4. The van der Waals surface area contributed by atoms with Crippen molar-refractivity contribution in [3.63, 3.8) is 0 Å². The number of carbonyl (C=O) groups excluding carboxylic acids is 1. The van der Waals surface area contributed by atoms with Crippen LogP contribution in [0.1, 0.15) is 18.1 Å². The number of nitro benzene ring substituents is 1. The van der Waals surface area contributed by atoms with E-state index in [2.05, 4.69) is 5.32 Å². The summed E-state index contributed by atoms with van der Waals surface area (Å²) in [5, 5.41) is 13.3. The molecule has 0 saturated heterocycles. The number of benzene rings is 2. The number of rotatable bonds is 6. The highest BCUT2D eigenvalue weighted by Gasteiger charge is 2.33. The highest BCUT2D eigenvalue weighted by Crippen LogP contribution is 2.32. The molecule has 1 atom stereocenters. The predicted octanol–water partition coefficient (Wildman–Crippen LogP) is 4.07. The van der Waals surface area contributed by atoms with E-state index in [1.54, 1.807) is 6.92 Å². The summed E-state index contributed by atoms with van der Waals surface area (Å²) in [5.41, 5.74) is -0.622. The monoisotopic (exact) mass is 381 g/mol. The Bertz CT molecular complexity index is 840. The number of halogens is 3. The van der Waals surface area contributed by atoms with Gasteiger partial charge in [-0.25, -0.2) is 0 Å². The lowest BCUT2D eigenvalue weighted by Gasteiger charge is -2.25. The Balaban J connectivity index is 2.09. The molecule has 1 N–H and O–H groups in total. The number of anilines is 1. The average molecular weight is 381 g/mol. The van der Waals surface area contributed by atoms with Gasteiger partial charge in [0.2, 0.25) is 5.91 Å². The first-order valence-electron chi connectivity index (χ1n) is 8.00. The molecule has 2 rings (SSSR count). The minimum atomic E-state index is -4.48. The lowest BCUT2D eigenvalue weighted by atomic mass is 10.1. The van der Waals surface area contributed by atoms with Crippen molar-refractivity contribution in [1.82, 2.24) is 4.90 Å². The van der Waals surface area contributed by atoms with E-state index in [9.17, 15) is 28.1 Å². The number of hydrogen-bond acceptors (Lipinski definition) is 4. The van der Waals surface area contributed by atoms with E-state index in [0.717, 1.165) is 6.07 Å². The topological polar surface area (TPSA) is 75.5 Å². The summed E-state index contributed by atoms with van der Waals surface area (Å²) in [4.78, 5) is 24.0. The number of likely N-dealkylation sites (N-methyl/N-ethyl adjacent to an activating group) is 1. The molecule has 1 amide bonds. The Morgan fingerprint density at radius 1 is 1.22 bits per heavy atom. The van der Waals surface area contributed by atoms with E-state index < -0.39 is 28.6 Å². The molecule has 2 aromatic carbocycles. The maximum absolute atomic E-state index is 13.1. The molecule has 0 saturated carbocycles.